The molecular formula is C33H39ClFN9O3. The van der Waals surface area contributed by atoms with Crippen molar-refractivity contribution < 1.29 is 18.7 Å². The summed E-state index contributed by atoms with van der Waals surface area (Å²) in [6.45, 7) is 3.40. The molecule has 3 heterocycles. The van der Waals surface area contributed by atoms with Gasteiger partial charge in [-0.3, -0.25) is 14.5 Å². The number of pyridine rings is 1. The van der Waals surface area contributed by atoms with E-state index in [0.29, 0.717) is 72.3 Å². The molecule has 4 aromatic rings. The molecule has 47 heavy (non-hydrogen) atoms. The third-order valence-corrected chi connectivity index (χ3v) is 9.01. The second kappa shape index (κ2) is 15.4. The monoisotopic (exact) mass is 663 g/mol. The van der Waals surface area contributed by atoms with Gasteiger partial charge in [-0.05, 0) is 91.4 Å². The highest BCUT2D eigenvalue weighted by Gasteiger charge is 2.36. The van der Waals surface area contributed by atoms with Crippen LogP contribution >= 0.6 is 12.4 Å². The number of benzene rings is 2. The molecule has 2 fully saturated rings. The molecule has 0 radical (unpaired) electrons. The van der Waals surface area contributed by atoms with E-state index >= 15 is 4.39 Å². The number of nitrogens with two attached hydrogens (primary N) is 2. The van der Waals surface area contributed by atoms with E-state index in [1.54, 1.807) is 42.6 Å². The highest BCUT2D eigenvalue weighted by Crippen LogP contribution is 2.33. The Morgan fingerprint density at radius 1 is 1.02 bits per heavy atom. The summed E-state index contributed by atoms with van der Waals surface area (Å²) in [5, 5.41) is 14.0. The molecule has 0 bridgehead atoms. The molecule has 1 saturated heterocycles. The van der Waals surface area contributed by atoms with Gasteiger partial charge in [-0.2, -0.15) is 5.21 Å². The van der Waals surface area contributed by atoms with Crippen LogP contribution in [0.15, 0.2) is 60.8 Å². The lowest BCUT2D eigenvalue weighted by atomic mass is 9.81. The zero-order valence-corrected chi connectivity index (χ0v) is 26.7. The number of primary amides is 1. The van der Waals surface area contributed by atoms with Crippen molar-refractivity contribution in [2.45, 2.75) is 38.1 Å². The number of amides is 2. The van der Waals surface area contributed by atoms with Crippen LogP contribution in [0.2, 0.25) is 0 Å². The maximum Gasteiger partial charge on any atom is 0.240 e. The van der Waals surface area contributed by atoms with Crippen molar-refractivity contribution in [2.24, 2.45) is 23.3 Å². The Morgan fingerprint density at radius 3 is 2.34 bits per heavy atom. The number of tetrazole rings is 1. The number of halogens is 2. The summed E-state index contributed by atoms with van der Waals surface area (Å²) in [6.07, 6.45) is 4.72. The third-order valence-electron chi connectivity index (χ3n) is 9.01. The normalized spacial score (nSPS) is 18.6. The van der Waals surface area contributed by atoms with Gasteiger partial charge in [0, 0.05) is 54.0 Å². The zero-order chi connectivity index (χ0) is 32.0. The summed E-state index contributed by atoms with van der Waals surface area (Å²) in [5.41, 5.74) is 14.6. The molecule has 2 aromatic heterocycles. The second-order valence-corrected chi connectivity index (χ2v) is 11.9. The smallest absolute Gasteiger partial charge is 0.240 e. The summed E-state index contributed by atoms with van der Waals surface area (Å²) in [6, 6.07) is 14.5. The maximum atomic E-state index is 15.6. The predicted molar refractivity (Wildman–Crippen MR) is 178 cm³/mol. The third kappa shape index (κ3) is 7.75. The number of aromatic amines is 1. The minimum atomic E-state index is -1.05. The Bertz CT molecular complexity index is 1630. The standard InChI is InChI=1S/C33H38FN9O3.ClH/c34-28-17-22(3-11-27(28)25-8-12-30(37-20-25)42-13-15-46-16-14-42)18-29(31(36)44)43(33(45)24-4-1-21(19-35)2-5-24)26-9-6-23(7-10-26)32-38-40-41-39-32;/h3,6-12,17,20-21,24,29H,1-2,4-5,13-16,18-19,35H2,(H2,36,44)(H,38,39,40,41);1H/t21-,24-,29-;/m0./s1. The number of carbonyl (C=O) groups is 2. The van der Waals surface area contributed by atoms with Crippen LogP contribution < -0.4 is 21.3 Å². The fourth-order valence-corrected chi connectivity index (χ4v) is 6.34. The maximum absolute atomic E-state index is 15.6. The van der Waals surface area contributed by atoms with Gasteiger partial charge in [-0.25, -0.2) is 9.37 Å². The number of ether oxygens (including phenoxy) is 1. The van der Waals surface area contributed by atoms with Crippen LogP contribution in [0.25, 0.3) is 22.5 Å². The van der Waals surface area contributed by atoms with E-state index < -0.39 is 17.8 Å². The highest BCUT2D eigenvalue weighted by molar-refractivity contribution is 6.01. The molecule has 12 nitrogen and oxygen atoms in total. The van der Waals surface area contributed by atoms with E-state index in [4.69, 9.17) is 16.2 Å². The number of aromatic nitrogens is 5. The largest absolute Gasteiger partial charge is 0.378 e. The second-order valence-electron chi connectivity index (χ2n) is 11.9. The Balaban J connectivity index is 0.00000433. The van der Waals surface area contributed by atoms with E-state index in [1.165, 1.54) is 11.0 Å². The van der Waals surface area contributed by atoms with Gasteiger partial charge in [0.05, 0.1) is 13.2 Å². The Hall–Kier alpha value is -4.46. The van der Waals surface area contributed by atoms with Crippen molar-refractivity contribution in [3.63, 3.8) is 0 Å². The average molecular weight is 664 g/mol. The van der Waals surface area contributed by atoms with Crippen LogP contribution in [-0.4, -0.2) is 76.3 Å². The molecule has 0 unspecified atom stereocenters. The summed E-state index contributed by atoms with van der Waals surface area (Å²) < 4.78 is 21.0. The minimum Gasteiger partial charge on any atom is -0.378 e. The molecule has 14 heteroatoms. The number of hydrogen-bond acceptors (Lipinski definition) is 9. The van der Waals surface area contributed by atoms with Crippen molar-refractivity contribution in [1.82, 2.24) is 25.6 Å². The Morgan fingerprint density at radius 2 is 1.74 bits per heavy atom. The first kappa shape index (κ1) is 33.9. The lowest BCUT2D eigenvalue weighted by Gasteiger charge is -2.35. The van der Waals surface area contributed by atoms with E-state index in [0.717, 1.165) is 31.7 Å². The lowest BCUT2D eigenvalue weighted by molar-refractivity contribution is -0.127. The van der Waals surface area contributed by atoms with Gasteiger partial charge in [0.15, 0.2) is 0 Å². The van der Waals surface area contributed by atoms with Crippen molar-refractivity contribution in [2.75, 3.05) is 42.6 Å². The molecule has 248 valence electrons. The van der Waals surface area contributed by atoms with Gasteiger partial charge in [0.2, 0.25) is 17.6 Å². The van der Waals surface area contributed by atoms with E-state index in [9.17, 15) is 9.59 Å². The minimum absolute atomic E-state index is 0. The first-order valence-corrected chi connectivity index (χ1v) is 15.6. The number of anilines is 2. The molecule has 5 N–H and O–H groups in total. The van der Waals surface area contributed by atoms with Crippen LogP contribution in [-0.2, 0) is 20.7 Å². The van der Waals surface area contributed by atoms with Crippen LogP contribution in [0.4, 0.5) is 15.9 Å². The van der Waals surface area contributed by atoms with Crippen molar-refractivity contribution in [3.8, 4) is 22.5 Å². The Labute approximate surface area is 278 Å². The zero-order valence-electron chi connectivity index (χ0n) is 25.9. The number of H-pyrrole nitrogens is 1. The van der Waals surface area contributed by atoms with E-state index in [-0.39, 0.29) is 30.7 Å². The van der Waals surface area contributed by atoms with Gasteiger partial charge >= 0.3 is 0 Å². The molecule has 0 spiro atoms. The first-order chi connectivity index (χ1) is 22.4. The number of nitrogens with zero attached hydrogens (tertiary/aromatic N) is 6. The lowest BCUT2D eigenvalue weighted by Crippen LogP contribution is -2.52. The van der Waals surface area contributed by atoms with Crippen LogP contribution in [0.5, 0.6) is 0 Å². The molecule has 1 aliphatic carbocycles. The van der Waals surface area contributed by atoms with Gasteiger partial charge in [0.1, 0.15) is 17.7 Å². The summed E-state index contributed by atoms with van der Waals surface area (Å²) in [7, 11) is 0. The quantitative estimate of drug-likeness (QED) is 0.230. The summed E-state index contributed by atoms with van der Waals surface area (Å²) in [4.78, 5) is 35.4. The number of rotatable bonds is 10. The molecule has 2 aromatic carbocycles. The average Bonchev–Trinajstić information content (AvgIpc) is 3.64. The summed E-state index contributed by atoms with van der Waals surface area (Å²) >= 11 is 0. The van der Waals surface area contributed by atoms with E-state index in [1.807, 2.05) is 12.1 Å². The summed E-state index contributed by atoms with van der Waals surface area (Å²) in [5.74, 6) is -0.00481. The fourth-order valence-electron chi connectivity index (χ4n) is 6.34. The number of carbonyl (C=O) groups excluding carboxylic acids is 2. The number of nitrogens with one attached hydrogen (secondary N) is 1. The molecule has 1 atom stereocenters. The fraction of sp³-hybridized carbons (Fsp3) is 0.394. The van der Waals surface area contributed by atoms with Crippen molar-refractivity contribution in [1.29, 1.82) is 0 Å². The van der Waals surface area contributed by atoms with Gasteiger partial charge < -0.3 is 21.1 Å². The first-order valence-electron chi connectivity index (χ1n) is 15.6. The van der Waals surface area contributed by atoms with Gasteiger partial charge in [-0.1, -0.05) is 12.1 Å². The predicted octanol–water partition coefficient (Wildman–Crippen LogP) is 3.52. The molecular weight excluding hydrogens is 625 g/mol. The van der Waals surface area contributed by atoms with Crippen LogP contribution in [0, 0.1) is 17.7 Å². The van der Waals surface area contributed by atoms with E-state index in [2.05, 4.69) is 30.5 Å². The molecule has 2 amide bonds. The molecule has 2 aliphatic rings. The van der Waals surface area contributed by atoms with Gasteiger partial charge in [0.25, 0.3) is 0 Å². The molecule has 6 rings (SSSR count). The highest BCUT2D eigenvalue weighted by atomic mass is 35.5. The SMILES string of the molecule is Cl.NC[C@H]1CC[C@H](C(=O)N(c2ccc(-c3nn[nH]n3)cc2)[C@@H](Cc2ccc(-c3ccc(N4CCOCC4)nc3)c(F)c2)C(N)=O)CC1. The van der Waals surface area contributed by atoms with Crippen LogP contribution in [0.1, 0.15) is 31.2 Å². The van der Waals surface area contributed by atoms with Crippen LogP contribution in [0.3, 0.4) is 0 Å². The number of morpholine rings is 1. The number of hydrogen-bond donors (Lipinski definition) is 3. The van der Waals surface area contributed by atoms with Crippen molar-refractivity contribution >= 4 is 35.7 Å². The van der Waals surface area contributed by atoms with Gasteiger partial charge in [-0.15, -0.1) is 22.6 Å². The van der Waals surface area contributed by atoms with Crippen molar-refractivity contribution in [3.05, 3.63) is 72.2 Å². The topological polar surface area (TPSA) is 169 Å². The molecule has 1 aliphatic heterocycles. The Kier molecular flexibility index (Phi) is 11.1. The molecule has 1 saturated carbocycles.